The minimum absolute atomic E-state index is 0.206. The number of likely N-dealkylation sites (N-methyl/N-ethyl adjacent to an activating group) is 1. The number of hydrogen-bond donors (Lipinski definition) is 0. The molecule has 2 aromatic carbocycles. The first-order chi connectivity index (χ1) is 61.0. The maximum absolute atomic E-state index is 12.0. The highest BCUT2D eigenvalue weighted by Crippen LogP contribution is 2.30. The number of alkyl halides is 1. The predicted octanol–water partition coefficient (Wildman–Crippen LogP) is 2.25. The van der Waals surface area contributed by atoms with E-state index in [0.717, 1.165) is 137 Å². The van der Waals surface area contributed by atoms with Crippen LogP contribution in [0.5, 0.6) is 11.5 Å². The van der Waals surface area contributed by atoms with Gasteiger partial charge in [0.2, 0.25) is 59.1 Å². The highest BCUT2D eigenvalue weighted by Gasteiger charge is 2.46. The number of thioether (sulfide) groups is 2. The van der Waals surface area contributed by atoms with Crippen molar-refractivity contribution in [3.63, 3.8) is 0 Å². The van der Waals surface area contributed by atoms with Crippen LogP contribution in [0.3, 0.4) is 0 Å². The Hall–Kier alpha value is -12.9. The molecule has 0 aromatic heterocycles. The third kappa shape index (κ3) is 32.4. The lowest BCUT2D eigenvalue weighted by Crippen LogP contribution is -2.58. The van der Waals surface area contributed by atoms with Crippen molar-refractivity contribution >= 4 is 184 Å². The highest BCUT2D eigenvalue weighted by atomic mass is 35.5. The quantitative estimate of drug-likeness (QED) is 0.0356. The van der Waals surface area contributed by atoms with E-state index in [9.17, 15) is 120 Å². The zero-order valence-electron chi connectivity index (χ0n) is 75.7. The number of carbonyl (C=O) groups is 25. The number of urea groups is 7. The predicted molar refractivity (Wildman–Crippen MR) is 459 cm³/mol. The first kappa shape index (κ1) is 111. The average molecular weight is 1890 g/mol. The molecule has 2 aromatic rings. The molecule has 7 fully saturated rings. The third-order valence-corrected chi connectivity index (χ3v) is 21.8. The highest BCUT2D eigenvalue weighted by molar-refractivity contribution is 8.01. The van der Waals surface area contributed by atoms with E-state index in [2.05, 4.69) is 6.26 Å². The van der Waals surface area contributed by atoms with E-state index in [4.69, 9.17) is 35.3 Å². The van der Waals surface area contributed by atoms with E-state index in [1.54, 1.807) is 40.0 Å². The minimum Gasteiger partial charge on any atom is -0.493 e. The van der Waals surface area contributed by atoms with Crippen molar-refractivity contribution in [1.82, 2.24) is 78.4 Å². The van der Waals surface area contributed by atoms with Crippen LogP contribution in [0.4, 0.5) is 33.6 Å². The Morgan fingerprint density at radius 3 is 1.08 bits per heavy atom. The topological polar surface area (TPSA) is 525 Å². The number of benzene rings is 2. The lowest BCUT2D eigenvalue weighted by molar-refractivity contribution is -0.155. The molecule has 7 saturated heterocycles. The first-order valence-electron chi connectivity index (χ1n) is 40.2. The van der Waals surface area contributed by atoms with Gasteiger partial charge in [0.25, 0.3) is 29.5 Å². The van der Waals surface area contributed by atoms with Crippen LogP contribution in [0.15, 0.2) is 53.4 Å². The molecule has 29 amide bonds. The third-order valence-electron chi connectivity index (χ3n) is 19.6. The number of barbiturate groups is 7. The van der Waals surface area contributed by atoms with Crippen LogP contribution in [0.1, 0.15) is 96.5 Å². The lowest BCUT2D eigenvalue weighted by atomic mass is 10.0. The van der Waals surface area contributed by atoms with Crippen LogP contribution in [0.25, 0.3) is 0 Å². The number of carbonyl (C=O) groups excluding carboxylic acids is 25. The number of para-hydroxylation sites is 2. The van der Waals surface area contributed by atoms with Gasteiger partial charge in [0.05, 0.1) is 26.9 Å². The molecule has 0 bridgehead atoms. The van der Waals surface area contributed by atoms with Crippen molar-refractivity contribution in [3.8, 4) is 11.5 Å². The molecule has 714 valence electrons. The normalized spacial score (nSPS) is 16.7. The number of methoxy groups -OCH3 is 1. The SMILES string of the molecule is CCN(CC)C(=O)COC(=O)CN1C(=O)CC(=O)N(C)C1=O.CN(C)CC1C(=O)N(C)C(=O)N(C)C1=O.CN1C(=O)C(Cl)C(=O)N(C)C1=O.CN1C(=O)CC(=O)N(C)C1=O.COc1ccccc1OCCCCCCOC(=O)CN1C(=O)CC(=O)N(C)C1=O.CSCCCCCCOC(=O)CN1C(=O)CC(=O)N(C)C1=O.Cc1ccc(SC2C(=O)N(C)C(=O)N(C)C2=O)cc1. The molecule has 7 heterocycles. The molecule has 130 heavy (non-hydrogen) atoms. The Labute approximate surface area is 763 Å². The van der Waals surface area contributed by atoms with Gasteiger partial charge < -0.3 is 33.5 Å². The van der Waals surface area contributed by atoms with Crippen molar-refractivity contribution in [2.75, 3.05) is 176 Å². The molecular formula is C81H111ClN16O30S2. The van der Waals surface area contributed by atoms with Crippen LogP contribution in [0, 0.1) is 12.8 Å². The second kappa shape index (κ2) is 53.8. The van der Waals surface area contributed by atoms with Gasteiger partial charge in [-0.1, -0.05) is 42.7 Å². The van der Waals surface area contributed by atoms with Crippen LogP contribution in [0.2, 0.25) is 0 Å². The summed E-state index contributed by atoms with van der Waals surface area (Å²) in [5, 5.41) is -2.16. The van der Waals surface area contributed by atoms with Gasteiger partial charge in [-0.2, -0.15) is 11.8 Å². The van der Waals surface area contributed by atoms with Gasteiger partial charge in [-0.3, -0.25) is 155 Å². The number of esters is 3. The molecule has 9 rings (SSSR count). The molecule has 0 atom stereocenters. The maximum atomic E-state index is 12.0. The second-order valence-corrected chi connectivity index (χ2v) is 31.8. The molecule has 0 radical (unpaired) electrons. The Kier molecular flexibility index (Phi) is 46.1. The minimum atomic E-state index is -1.27. The smallest absolute Gasteiger partial charge is 0.333 e. The summed E-state index contributed by atoms with van der Waals surface area (Å²) in [4.78, 5) is 303. The van der Waals surface area contributed by atoms with E-state index in [1.807, 2.05) is 67.2 Å². The zero-order chi connectivity index (χ0) is 98.6. The molecule has 7 aliphatic rings. The van der Waals surface area contributed by atoms with Gasteiger partial charge in [-0.05, 0) is 110 Å². The van der Waals surface area contributed by atoms with E-state index in [-0.39, 0.29) is 25.5 Å². The van der Waals surface area contributed by atoms with Crippen molar-refractivity contribution in [3.05, 3.63) is 54.1 Å². The number of aryl methyl sites for hydroxylation is 1. The molecule has 0 aliphatic carbocycles. The number of unbranched alkanes of at least 4 members (excludes halogenated alkanes) is 6. The standard InChI is InChI=1S/C20H26N2O7.C14H22N2O5S.C13H19N3O6.C13H14N2O3S.C9H15N3O3.C6H7ClN2O3.C6H8N2O3/c1-21-17(23)13-18(24)22(20(21)26)14-19(25)29-12-8-4-3-7-11-28-16-10-6-5-9-15(16)27-2;1-15-11(17)9-12(18)16(14(15)20)10-13(19)21-7-5-3-4-6-8-22-2;1-4-15(5-2)11(19)8-22-12(20)7-16-10(18)6-9(17)14(3)13(16)21;1-8-4-6-9(7-5-8)19-10-11(16)14(2)13(18)15(3)12(10)17;1-10(2)5-6-7(13)11(3)9(15)12(4)8(6)14;1-8-4(10)3(7)5(11)9(2)6(8)12;1-7-4(9)3-5(10)8(2)6(7)11/h5-6,9-10H,3-4,7-8,11-14H2,1-2H3;3-10H2,1-2H3;4-8H2,1-3H3;4-7,10H,1-3H3;6H,5H2,1-4H3;3H,1-2H3;3H2,1-2H3. The van der Waals surface area contributed by atoms with E-state index in [0.29, 0.717) is 49.1 Å². The number of nitrogens with zero attached hydrogens (tertiary/aromatic N) is 16. The van der Waals surface area contributed by atoms with Crippen molar-refractivity contribution in [1.29, 1.82) is 0 Å². The Balaban J connectivity index is 0.000000399. The monoisotopic (exact) mass is 1890 g/mol. The fraction of sp³-hybridized carbons (Fsp3) is 0.543. The fourth-order valence-corrected chi connectivity index (χ4v) is 13.3. The summed E-state index contributed by atoms with van der Waals surface area (Å²) in [6.07, 6.45) is 7.81. The molecule has 0 unspecified atom stereocenters. The van der Waals surface area contributed by atoms with Crippen molar-refractivity contribution in [2.24, 2.45) is 5.92 Å². The molecule has 0 spiro atoms. The van der Waals surface area contributed by atoms with Crippen LogP contribution in [-0.2, 0) is 101 Å². The number of halogens is 1. The molecule has 7 aliphatic heterocycles. The van der Waals surface area contributed by atoms with Gasteiger partial charge in [0, 0.05) is 102 Å². The number of imide groups is 14. The number of hydrogen-bond acceptors (Lipinski definition) is 33. The van der Waals surface area contributed by atoms with Gasteiger partial charge in [0.15, 0.2) is 28.7 Å². The summed E-state index contributed by atoms with van der Waals surface area (Å²) < 4.78 is 25.8. The first-order valence-corrected chi connectivity index (χ1v) is 42.9. The summed E-state index contributed by atoms with van der Waals surface area (Å²) in [6, 6.07) is 10.2. The summed E-state index contributed by atoms with van der Waals surface area (Å²) in [6.45, 7) is 5.89. The number of ether oxygens (including phenoxy) is 5. The molecule has 46 nitrogen and oxygen atoms in total. The van der Waals surface area contributed by atoms with Crippen LogP contribution >= 0.6 is 35.1 Å². The largest absolute Gasteiger partial charge is 0.493 e. The van der Waals surface area contributed by atoms with Gasteiger partial charge in [-0.15, -0.1) is 23.4 Å². The number of amides is 29. The zero-order valence-corrected chi connectivity index (χ0v) is 78.1. The van der Waals surface area contributed by atoms with Gasteiger partial charge in [0.1, 0.15) is 51.2 Å². The fourth-order valence-electron chi connectivity index (χ4n) is 11.5. The Morgan fingerprint density at radius 1 is 0.400 bits per heavy atom. The summed E-state index contributed by atoms with van der Waals surface area (Å²) in [7, 11) is 19.7. The van der Waals surface area contributed by atoms with Crippen LogP contribution in [-0.4, -0.2) is 414 Å². The molecule has 0 N–H and O–H groups in total. The van der Waals surface area contributed by atoms with Crippen molar-refractivity contribution < 1.29 is 144 Å². The molecular weight excluding hydrogens is 1780 g/mol. The van der Waals surface area contributed by atoms with E-state index >= 15 is 0 Å². The van der Waals surface area contributed by atoms with Gasteiger partial charge in [-0.25, -0.2) is 33.6 Å². The maximum Gasteiger partial charge on any atom is 0.333 e. The second-order valence-electron chi connectivity index (χ2n) is 29.2. The Bertz CT molecular complexity index is 4460. The van der Waals surface area contributed by atoms with Crippen LogP contribution < -0.4 is 9.47 Å². The van der Waals surface area contributed by atoms with Crippen molar-refractivity contribution in [2.45, 2.75) is 113 Å². The van der Waals surface area contributed by atoms with Gasteiger partial charge >= 0.3 is 60.1 Å². The molecule has 49 heteroatoms. The average Bonchev–Trinajstić information content (AvgIpc) is 0.789. The summed E-state index contributed by atoms with van der Waals surface area (Å²) in [5.41, 5.74) is 1.11. The van der Waals surface area contributed by atoms with E-state index < -0.39 is 205 Å². The van der Waals surface area contributed by atoms with E-state index in [1.165, 1.54) is 82.4 Å². The molecule has 0 saturated carbocycles. The lowest BCUT2D eigenvalue weighted by Gasteiger charge is -2.33. The summed E-state index contributed by atoms with van der Waals surface area (Å²) >= 11 is 8.41. The Morgan fingerprint density at radius 2 is 0.723 bits per heavy atom. The number of rotatable bonds is 30. The summed E-state index contributed by atoms with van der Waals surface area (Å²) in [5.74, 6) is -8.74.